The number of terminal acetylenes is 1. The second-order valence-electron chi connectivity index (χ2n) is 5.26. The molecule has 4 heteroatoms. The fraction of sp³-hybridized carbons (Fsp3) is 0.500. The van der Waals surface area contributed by atoms with Crippen LogP contribution >= 0.6 is 0 Å². The van der Waals surface area contributed by atoms with Gasteiger partial charge in [0, 0.05) is 6.42 Å². The van der Waals surface area contributed by atoms with Crippen LogP contribution in [0.1, 0.15) is 61.7 Å². The molecule has 0 fully saturated rings. The Kier molecular flexibility index (Phi) is 8.74. The molecule has 0 atom stereocenters. The zero-order valence-electron chi connectivity index (χ0n) is 12.9. The van der Waals surface area contributed by atoms with E-state index >= 15 is 0 Å². The molecule has 0 saturated heterocycles. The van der Waals surface area contributed by atoms with Gasteiger partial charge in [0.2, 0.25) is 0 Å². The molecule has 1 aromatic carbocycles. The van der Waals surface area contributed by atoms with Gasteiger partial charge in [0.25, 0.3) is 5.91 Å². The molecule has 1 amide bonds. The molecular formula is C18H24FNO2. The Balaban J connectivity index is 2.14. The molecule has 0 saturated carbocycles. The number of amides is 1. The van der Waals surface area contributed by atoms with E-state index in [9.17, 15) is 9.18 Å². The molecule has 0 heterocycles. The topological polar surface area (TPSA) is 52.3 Å². The lowest BCUT2D eigenvalue weighted by Gasteiger charge is -2.08. The van der Waals surface area contributed by atoms with Crippen molar-refractivity contribution in [3.63, 3.8) is 0 Å². The molecule has 0 bridgehead atoms. The number of nitrogens with two attached hydrogens (primary N) is 1. The average molecular weight is 305 g/mol. The Morgan fingerprint density at radius 1 is 1.14 bits per heavy atom. The molecule has 0 aromatic heterocycles. The van der Waals surface area contributed by atoms with Gasteiger partial charge in [-0.2, -0.15) is 0 Å². The first-order chi connectivity index (χ1) is 10.7. The summed E-state index contributed by atoms with van der Waals surface area (Å²) in [5, 5.41) is 0. The van der Waals surface area contributed by atoms with E-state index in [4.69, 9.17) is 16.9 Å². The summed E-state index contributed by atoms with van der Waals surface area (Å²) in [6.45, 7) is 0.441. The molecule has 22 heavy (non-hydrogen) atoms. The van der Waals surface area contributed by atoms with Gasteiger partial charge in [0.05, 0.1) is 12.2 Å². The zero-order chi connectivity index (χ0) is 16.2. The molecule has 3 nitrogen and oxygen atoms in total. The maximum atomic E-state index is 13.9. The van der Waals surface area contributed by atoms with E-state index in [1.165, 1.54) is 31.4 Å². The van der Waals surface area contributed by atoms with Crippen LogP contribution in [-0.2, 0) is 0 Å². The molecule has 120 valence electrons. The number of primary amides is 1. The third-order valence-corrected chi connectivity index (χ3v) is 3.45. The number of ether oxygens (including phenoxy) is 1. The van der Waals surface area contributed by atoms with Gasteiger partial charge in [-0.15, -0.1) is 12.3 Å². The van der Waals surface area contributed by atoms with Gasteiger partial charge in [-0.3, -0.25) is 4.79 Å². The van der Waals surface area contributed by atoms with Crippen molar-refractivity contribution in [1.82, 2.24) is 0 Å². The normalized spacial score (nSPS) is 10.2. The highest BCUT2D eigenvalue weighted by atomic mass is 19.1. The van der Waals surface area contributed by atoms with Crippen LogP contribution in [0.5, 0.6) is 5.75 Å². The predicted molar refractivity (Wildman–Crippen MR) is 86.2 cm³/mol. The summed E-state index contributed by atoms with van der Waals surface area (Å²) in [6, 6.07) is 4.42. The van der Waals surface area contributed by atoms with Crippen molar-refractivity contribution in [3.05, 3.63) is 29.6 Å². The standard InChI is InChI=1S/C18H24FNO2/c1-2-3-4-5-6-7-8-9-10-14-22-16-13-11-12-15(17(16)19)18(20)21/h1,11-13H,3-10,14H2,(H2,20,21). The largest absolute Gasteiger partial charge is 0.490 e. The van der Waals surface area contributed by atoms with Crippen LogP contribution in [0.4, 0.5) is 4.39 Å². The molecule has 2 N–H and O–H groups in total. The van der Waals surface area contributed by atoms with Crippen LogP contribution in [0.2, 0.25) is 0 Å². The number of unbranched alkanes of at least 4 members (excludes halogenated alkanes) is 7. The predicted octanol–water partition coefficient (Wildman–Crippen LogP) is 4.06. The first-order valence-electron chi connectivity index (χ1n) is 7.81. The van der Waals surface area contributed by atoms with Crippen molar-refractivity contribution in [2.24, 2.45) is 5.73 Å². The number of carbonyl (C=O) groups excluding carboxylic acids is 1. The number of hydrogen-bond acceptors (Lipinski definition) is 2. The summed E-state index contributed by atoms with van der Waals surface area (Å²) in [5.74, 6) is 1.27. The number of benzene rings is 1. The van der Waals surface area contributed by atoms with E-state index in [1.54, 1.807) is 6.07 Å². The Hall–Kier alpha value is -2.02. The number of carbonyl (C=O) groups is 1. The maximum absolute atomic E-state index is 13.9. The highest BCUT2D eigenvalue weighted by Crippen LogP contribution is 2.20. The molecule has 0 spiro atoms. The fourth-order valence-electron chi connectivity index (χ4n) is 2.21. The molecule has 0 aliphatic carbocycles. The number of halogens is 1. The van der Waals surface area contributed by atoms with Gasteiger partial charge in [-0.25, -0.2) is 4.39 Å². The van der Waals surface area contributed by atoms with E-state index in [-0.39, 0.29) is 11.3 Å². The monoisotopic (exact) mass is 305 g/mol. The van der Waals surface area contributed by atoms with Gasteiger partial charge in [-0.1, -0.05) is 38.2 Å². The smallest absolute Gasteiger partial charge is 0.251 e. The second kappa shape index (κ2) is 10.7. The lowest BCUT2D eigenvalue weighted by Crippen LogP contribution is -2.14. The minimum Gasteiger partial charge on any atom is -0.490 e. The first kappa shape index (κ1) is 18.0. The third kappa shape index (κ3) is 6.62. The van der Waals surface area contributed by atoms with Crippen LogP contribution in [0.15, 0.2) is 18.2 Å². The van der Waals surface area contributed by atoms with Gasteiger partial charge >= 0.3 is 0 Å². The summed E-state index contributed by atoms with van der Waals surface area (Å²) in [6.07, 6.45) is 13.8. The highest BCUT2D eigenvalue weighted by molar-refractivity contribution is 5.93. The van der Waals surface area contributed by atoms with E-state index in [0.29, 0.717) is 6.61 Å². The van der Waals surface area contributed by atoms with Crippen molar-refractivity contribution in [2.75, 3.05) is 6.61 Å². The molecule has 0 aliphatic heterocycles. The molecule has 0 aliphatic rings. The Labute approximate surface area is 132 Å². The van der Waals surface area contributed by atoms with Gasteiger partial charge < -0.3 is 10.5 Å². The third-order valence-electron chi connectivity index (χ3n) is 3.45. The average Bonchev–Trinajstić information content (AvgIpc) is 2.50. The van der Waals surface area contributed by atoms with E-state index in [2.05, 4.69) is 5.92 Å². The lowest BCUT2D eigenvalue weighted by molar-refractivity contribution is 0.0995. The fourth-order valence-corrected chi connectivity index (χ4v) is 2.21. The van der Waals surface area contributed by atoms with Crippen molar-refractivity contribution in [1.29, 1.82) is 0 Å². The van der Waals surface area contributed by atoms with Crippen LogP contribution in [-0.4, -0.2) is 12.5 Å². The van der Waals surface area contributed by atoms with Crippen LogP contribution < -0.4 is 10.5 Å². The molecule has 0 radical (unpaired) electrons. The van der Waals surface area contributed by atoms with Crippen LogP contribution in [0, 0.1) is 18.2 Å². The van der Waals surface area contributed by atoms with Crippen molar-refractivity contribution in [2.45, 2.75) is 51.4 Å². The summed E-state index contributed by atoms with van der Waals surface area (Å²) < 4.78 is 19.2. The van der Waals surface area contributed by atoms with E-state index in [0.717, 1.165) is 32.1 Å². The Morgan fingerprint density at radius 2 is 1.77 bits per heavy atom. The maximum Gasteiger partial charge on any atom is 0.251 e. The zero-order valence-corrected chi connectivity index (χ0v) is 12.9. The number of rotatable bonds is 11. The quantitative estimate of drug-likeness (QED) is 0.495. The first-order valence-corrected chi connectivity index (χ1v) is 7.81. The molecule has 0 unspecified atom stereocenters. The van der Waals surface area contributed by atoms with Crippen molar-refractivity contribution >= 4 is 5.91 Å². The highest BCUT2D eigenvalue weighted by Gasteiger charge is 2.12. The summed E-state index contributed by atoms with van der Waals surface area (Å²) in [5.41, 5.74) is 4.96. The van der Waals surface area contributed by atoms with Crippen LogP contribution in [0.25, 0.3) is 0 Å². The molecular weight excluding hydrogens is 281 g/mol. The van der Waals surface area contributed by atoms with Crippen molar-refractivity contribution < 1.29 is 13.9 Å². The van der Waals surface area contributed by atoms with Crippen molar-refractivity contribution in [3.8, 4) is 18.1 Å². The SMILES string of the molecule is C#CCCCCCCCCCOc1cccc(C(N)=O)c1F. The Morgan fingerprint density at radius 3 is 2.41 bits per heavy atom. The van der Waals surface area contributed by atoms with Crippen LogP contribution in [0.3, 0.4) is 0 Å². The van der Waals surface area contributed by atoms with E-state index in [1.807, 2.05) is 0 Å². The summed E-state index contributed by atoms with van der Waals surface area (Å²) in [4.78, 5) is 11.0. The Bertz CT molecular complexity index is 508. The summed E-state index contributed by atoms with van der Waals surface area (Å²) in [7, 11) is 0. The molecule has 1 rings (SSSR count). The minimum atomic E-state index is -0.784. The summed E-state index contributed by atoms with van der Waals surface area (Å²) >= 11 is 0. The van der Waals surface area contributed by atoms with Gasteiger partial charge in [-0.05, 0) is 25.0 Å². The lowest BCUT2D eigenvalue weighted by atomic mass is 10.1. The minimum absolute atomic E-state index is 0.0885. The molecule has 1 aromatic rings. The second-order valence-corrected chi connectivity index (χ2v) is 5.26. The number of hydrogen-bond donors (Lipinski definition) is 1. The van der Waals surface area contributed by atoms with Gasteiger partial charge in [0.1, 0.15) is 0 Å². The van der Waals surface area contributed by atoms with Gasteiger partial charge in [0.15, 0.2) is 11.6 Å². The van der Waals surface area contributed by atoms with E-state index < -0.39 is 11.7 Å².